The number of aromatic nitrogens is 2. The zero-order valence-electron chi connectivity index (χ0n) is 10.5. The normalized spacial score (nSPS) is 18.1. The van der Waals surface area contributed by atoms with E-state index in [0.717, 1.165) is 19.4 Å². The van der Waals surface area contributed by atoms with E-state index in [-0.39, 0.29) is 5.54 Å². The first-order valence-corrected chi connectivity index (χ1v) is 6.62. The SMILES string of the molecule is NC1(c2cnn(Cc3ccccc3)c2)CCCC1. The van der Waals surface area contributed by atoms with Crippen molar-refractivity contribution in [2.75, 3.05) is 0 Å². The Kier molecular flexibility index (Phi) is 2.92. The summed E-state index contributed by atoms with van der Waals surface area (Å²) in [6, 6.07) is 10.4. The van der Waals surface area contributed by atoms with Crippen molar-refractivity contribution in [3.8, 4) is 0 Å². The third-order valence-corrected chi connectivity index (χ3v) is 3.89. The molecule has 18 heavy (non-hydrogen) atoms. The molecule has 1 aliphatic carbocycles. The van der Waals surface area contributed by atoms with E-state index in [1.807, 2.05) is 16.9 Å². The second-order valence-electron chi connectivity index (χ2n) is 5.28. The van der Waals surface area contributed by atoms with Gasteiger partial charge in [0.2, 0.25) is 0 Å². The van der Waals surface area contributed by atoms with Gasteiger partial charge in [0.25, 0.3) is 0 Å². The van der Waals surface area contributed by atoms with Crippen LogP contribution in [0.15, 0.2) is 42.7 Å². The monoisotopic (exact) mass is 241 g/mol. The molecule has 2 N–H and O–H groups in total. The molecule has 1 saturated carbocycles. The maximum Gasteiger partial charge on any atom is 0.0659 e. The van der Waals surface area contributed by atoms with Crippen LogP contribution >= 0.6 is 0 Å². The lowest BCUT2D eigenvalue weighted by Crippen LogP contribution is -2.32. The summed E-state index contributed by atoms with van der Waals surface area (Å²) in [5.41, 5.74) is 8.76. The van der Waals surface area contributed by atoms with Gasteiger partial charge in [-0.15, -0.1) is 0 Å². The molecule has 1 fully saturated rings. The van der Waals surface area contributed by atoms with E-state index in [2.05, 4.69) is 35.6 Å². The van der Waals surface area contributed by atoms with Crippen molar-refractivity contribution in [3.05, 3.63) is 53.9 Å². The van der Waals surface area contributed by atoms with Crippen molar-refractivity contribution in [2.45, 2.75) is 37.8 Å². The Balaban J connectivity index is 1.78. The van der Waals surface area contributed by atoms with Gasteiger partial charge in [-0.3, -0.25) is 4.68 Å². The van der Waals surface area contributed by atoms with Crippen LogP contribution in [0.3, 0.4) is 0 Å². The molecule has 0 spiro atoms. The third-order valence-electron chi connectivity index (χ3n) is 3.89. The molecule has 0 atom stereocenters. The van der Waals surface area contributed by atoms with Crippen LogP contribution in [-0.4, -0.2) is 9.78 Å². The topological polar surface area (TPSA) is 43.8 Å². The highest BCUT2D eigenvalue weighted by Crippen LogP contribution is 2.35. The summed E-state index contributed by atoms with van der Waals surface area (Å²) in [4.78, 5) is 0. The molecule has 0 unspecified atom stereocenters. The van der Waals surface area contributed by atoms with Gasteiger partial charge in [-0.2, -0.15) is 5.10 Å². The molecule has 2 aromatic rings. The molecule has 3 heteroatoms. The Morgan fingerprint density at radius 2 is 1.89 bits per heavy atom. The standard InChI is InChI=1S/C15H19N3/c16-15(8-4-5-9-15)14-10-17-18(12-14)11-13-6-2-1-3-7-13/h1-3,6-7,10,12H,4-5,8-9,11,16H2. The molecule has 0 saturated heterocycles. The van der Waals surface area contributed by atoms with Gasteiger partial charge in [0.15, 0.2) is 0 Å². The molecule has 0 amide bonds. The number of nitrogens with zero attached hydrogens (tertiary/aromatic N) is 2. The van der Waals surface area contributed by atoms with Crippen LogP contribution in [0.25, 0.3) is 0 Å². The van der Waals surface area contributed by atoms with Gasteiger partial charge in [-0.1, -0.05) is 43.2 Å². The molecule has 3 nitrogen and oxygen atoms in total. The van der Waals surface area contributed by atoms with Gasteiger partial charge in [-0.05, 0) is 18.4 Å². The average Bonchev–Trinajstić information content (AvgIpc) is 3.01. The summed E-state index contributed by atoms with van der Waals surface area (Å²) in [6.45, 7) is 0.816. The van der Waals surface area contributed by atoms with Crippen LogP contribution in [0, 0.1) is 0 Å². The Morgan fingerprint density at radius 1 is 1.17 bits per heavy atom. The highest BCUT2D eigenvalue weighted by molar-refractivity contribution is 5.20. The number of nitrogens with two attached hydrogens (primary N) is 1. The van der Waals surface area contributed by atoms with Crippen LogP contribution in [0.4, 0.5) is 0 Å². The van der Waals surface area contributed by atoms with E-state index >= 15 is 0 Å². The van der Waals surface area contributed by atoms with E-state index < -0.39 is 0 Å². The quantitative estimate of drug-likeness (QED) is 0.897. The summed E-state index contributed by atoms with van der Waals surface area (Å²) in [5.74, 6) is 0. The van der Waals surface area contributed by atoms with Gasteiger partial charge < -0.3 is 5.73 Å². The van der Waals surface area contributed by atoms with Gasteiger partial charge in [-0.25, -0.2) is 0 Å². The smallest absolute Gasteiger partial charge is 0.0659 e. The lowest BCUT2D eigenvalue weighted by Gasteiger charge is -2.21. The largest absolute Gasteiger partial charge is 0.321 e. The highest BCUT2D eigenvalue weighted by atomic mass is 15.3. The van der Waals surface area contributed by atoms with Crippen molar-refractivity contribution in [3.63, 3.8) is 0 Å². The van der Waals surface area contributed by atoms with Crippen LogP contribution < -0.4 is 5.73 Å². The van der Waals surface area contributed by atoms with Crippen molar-refractivity contribution >= 4 is 0 Å². The summed E-state index contributed by atoms with van der Waals surface area (Å²) in [5, 5.41) is 4.44. The second-order valence-corrected chi connectivity index (χ2v) is 5.28. The van der Waals surface area contributed by atoms with Gasteiger partial charge in [0, 0.05) is 17.3 Å². The van der Waals surface area contributed by atoms with Crippen LogP contribution in [0.5, 0.6) is 0 Å². The van der Waals surface area contributed by atoms with Crippen LogP contribution in [0.2, 0.25) is 0 Å². The first-order valence-electron chi connectivity index (χ1n) is 6.62. The van der Waals surface area contributed by atoms with E-state index in [1.165, 1.54) is 24.0 Å². The Hall–Kier alpha value is -1.61. The molecule has 0 radical (unpaired) electrons. The molecule has 1 heterocycles. The number of rotatable bonds is 3. The van der Waals surface area contributed by atoms with Gasteiger partial charge in [0.1, 0.15) is 0 Å². The molecule has 0 bridgehead atoms. The molecule has 94 valence electrons. The molecule has 0 aliphatic heterocycles. The molecule has 1 aromatic heterocycles. The highest BCUT2D eigenvalue weighted by Gasteiger charge is 2.32. The molecule has 1 aliphatic rings. The van der Waals surface area contributed by atoms with E-state index in [0.29, 0.717) is 0 Å². The summed E-state index contributed by atoms with van der Waals surface area (Å²) in [7, 11) is 0. The van der Waals surface area contributed by atoms with E-state index in [1.54, 1.807) is 0 Å². The van der Waals surface area contributed by atoms with Crippen LogP contribution in [-0.2, 0) is 12.1 Å². The fourth-order valence-electron chi connectivity index (χ4n) is 2.77. The zero-order chi connectivity index (χ0) is 12.4. The number of benzene rings is 1. The summed E-state index contributed by atoms with van der Waals surface area (Å²) < 4.78 is 1.98. The fraction of sp³-hybridized carbons (Fsp3) is 0.400. The maximum atomic E-state index is 6.43. The van der Waals surface area contributed by atoms with Crippen molar-refractivity contribution in [1.29, 1.82) is 0 Å². The molecular weight excluding hydrogens is 222 g/mol. The zero-order valence-corrected chi connectivity index (χ0v) is 10.5. The Bertz CT molecular complexity index is 510. The first kappa shape index (κ1) is 11.5. The van der Waals surface area contributed by atoms with Gasteiger partial charge >= 0.3 is 0 Å². The average molecular weight is 241 g/mol. The maximum absolute atomic E-state index is 6.43. The molecule has 3 rings (SSSR count). The third kappa shape index (κ3) is 2.18. The molecular formula is C15H19N3. The predicted molar refractivity (Wildman–Crippen MR) is 72.1 cm³/mol. The fourth-order valence-corrected chi connectivity index (χ4v) is 2.77. The minimum absolute atomic E-state index is 0.130. The Morgan fingerprint density at radius 3 is 2.61 bits per heavy atom. The summed E-state index contributed by atoms with van der Waals surface area (Å²) in [6.07, 6.45) is 8.70. The minimum atomic E-state index is -0.130. The van der Waals surface area contributed by atoms with E-state index in [9.17, 15) is 0 Å². The van der Waals surface area contributed by atoms with Crippen molar-refractivity contribution in [1.82, 2.24) is 9.78 Å². The first-order chi connectivity index (χ1) is 8.76. The minimum Gasteiger partial charge on any atom is -0.321 e. The van der Waals surface area contributed by atoms with E-state index in [4.69, 9.17) is 5.73 Å². The lowest BCUT2D eigenvalue weighted by molar-refractivity contribution is 0.461. The predicted octanol–water partition coefficient (Wildman–Crippen LogP) is 2.66. The van der Waals surface area contributed by atoms with Crippen molar-refractivity contribution < 1.29 is 0 Å². The van der Waals surface area contributed by atoms with Gasteiger partial charge in [0.05, 0.1) is 12.7 Å². The molecule has 1 aromatic carbocycles. The van der Waals surface area contributed by atoms with Crippen molar-refractivity contribution in [2.24, 2.45) is 5.73 Å². The van der Waals surface area contributed by atoms with Crippen LogP contribution in [0.1, 0.15) is 36.8 Å². The number of hydrogen-bond acceptors (Lipinski definition) is 2. The Labute approximate surface area is 108 Å². The lowest BCUT2D eigenvalue weighted by atomic mass is 9.92. The summed E-state index contributed by atoms with van der Waals surface area (Å²) >= 11 is 0. The number of hydrogen-bond donors (Lipinski definition) is 1. The second kappa shape index (κ2) is 4.58.